The molecule has 0 aliphatic rings. The lowest BCUT2D eigenvalue weighted by Gasteiger charge is -2.07. The number of aromatic nitrogens is 2. The summed E-state index contributed by atoms with van der Waals surface area (Å²) in [6.07, 6.45) is 1.70. The number of rotatable bonds is 3. The van der Waals surface area contributed by atoms with Crippen LogP contribution in [0, 0.1) is 5.82 Å². The summed E-state index contributed by atoms with van der Waals surface area (Å²) in [6.45, 7) is 0.629. The van der Waals surface area contributed by atoms with Crippen LogP contribution in [-0.2, 0) is 13.6 Å². The maximum absolute atomic E-state index is 13.7. The molecule has 1 heterocycles. The number of nitrogens with one attached hydrogen (secondary N) is 1. The van der Waals surface area contributed by atoms with E-state index in [-0.39, 0.29) is 5.82 Å². The number of halogens is 1. The van der Waals surface area contributed by atoms with E-state index in [1.165, 1.54) is 6.07 Å². The van der Waals surface area contributed by atoms with Crippen LogP contribution < -0.4 is 5.32 Å². The molecule has 0 saturated heterocycles. The second kappa shape index (κ2) is 4.45. The summed E-state index contributed by atoms with van der Waals surface area (Å²) >= 11 is 0. The predicted molar refractivity (Wildman–Crippen MR) is 61.4 cm³/mol. The van der Waals surface area contributed by atoms with E-state index in [9.17, 15) is 4.39 Å². The van der Waals surface area contributed by atoms with Crippen LogP contribution in [0.4, 0.5) is 4.39 Å². The average Bonchev–Trinajstić information content (AvgIpc) is 2.62. The van der Waals surface area contributed by atoms with E-state index in [4.69, 9.17) is 0 Å². The van der Waals surface area contributed by atoms with Gasteiger partial charge in [0, 0.05) is 19.2 Å². The smallest absolute Gasteiger partial charge is 0.132 e. The second-order valence-electron chi connectivity index (χ2n) is 3.66. The second-order valence-corrected chi connectivity index (χ2v) is 3.66. The molecule has 0 spiro atoms. The molecule has 0 radical (unpaired) electrons. The Kier molecular flexibility index (Phi) is 3.01. The summed E-state index contributed by atoms with van der Waals surface area (Å²) in [7, 11) is 3.72. The number of hydrogen-bond donors (Lipinski definition) is 1. The molecular weight excluding hydrogens is 205 g/mol. The molecule has 3 nitrogen and oxygen atoms in total. The molecule has 1 aromatic heterocycles. The Morgan fingerprint density at radius 3 is 2.81 bits per heavy atom. The van der Waals surface area contributed by atoms with Crippen LogP contribution in [0.5, 0.6) is 0 Å². The predicted octanol–water partition coefficient (Wildman–Crippen LogP) is 1.95. The first-order chi connectivity index (χ1) is 7.74. The summed E-state index contributed by atoms with van der Waals surface area (Å²) in [5, 5.41) is 3.03. The van der Waals surface area contributed by atoms with E-state index in [0.717, 1.165) is 11.4 Å². The molecule has 0 bridgehead atoms. The van der Waals surface area contributed by atoms with Gasteiger partial charge in [0.15, 0.2) is 0 Å². The van der Waals surface area contributed by atoms with E-state index >= 15 is 0 Å². The molecule has 0 atom stereocenters. The van der Waals surface area contributed by atoms with Crippen molar-refractivity contribution in [1.82, 2.24) is 14.9 Å². The highest BCUT2D eigenvalue weighted by Crippen LogP contribution is 2.24. The minimum atomic E-state index is -0.219. The number of hydrogen-bond acceptors (Lipinski definition) is 2. The Bertz CT molecular complexity index is 491. The summed E-state index contributed by atoms with van der Waals surface area (Å²) < 4.78 is 15.5. The summed E-state index contributed by atoms with van der Waals surface area (Å²) in [5.41, 5.74) is 2.27. The third-order valence-electron chi connectivity index (χ3n) is 2.49. The fraction of sp³-hybridized carbons (Fsp3) is 0.250. The van der Waals surface area contributed by atoms with Crippen LogP contribution in [0.2, 0.25) is 0 Å². The largest absolute Gasteiger partial charge is 0.333 e. The topological polar surface area (TPSA) is 29.9 Å². The molecule has 2 aromatic rings. The lowest BCUT2D eigenvalue weighted by Crippen LogP contribution is -2.07. The fourth-order valence-electron chi connectivity index (χ4n) is 1.77. The quantitative estimate of drug-likeness (QED) is 0.855. The zero-order chi connectivity index (χ0) is 11.5. The van der Waals surface area contributed by atoms with Crippen molar-refractivity contribution in [1.29, 1.82) is 0 Å². The number of nitrogens with zero attached hydrogens (tertiary/aromatic N) is 2. The van der Waals surface area contributed by atoms with E-state index < -0.39 is 0 Å². The van der Waals surface area contributed by atoms with E-state index in [2.05, 4.69) is 10.3 Å². The van der Waals surface area contributed by atoms with Gasteiger partial charge in [0.25, 0.3) is 0 Å². The van der Waals surface area contributed by atoms with Crippen molar-refractivity contribution in [2.45, 2.75) is 6.54 Å². The maximum atomic E-state index is 13.7. The average molecular weight is 219 g/mol. The van der Waals surface area contributed by atoms with Crippen LogP contribution in [0.3, 0.4) is 0 Å². The van der Waals surface area contributed by atoms with Crippen molar-refractivity contribution >= 4 is 0 Å². The molecule has 84 valence electrons. The monoisotopic (exact) mass is 219 g/mol. The first-order valence-corrected chi connectivity index (χ1v) is 5.13. The standard InChI is InChI=1S/C12H14FN3/c1-14-7-11-12(16(2)8-15-11)9-5-3-4-6-10(9)13/h3-6,8,14H,7H2,1-2H3. The summed E-state index contributed by atoms with van der Waals surface area (Å²) in [5.74, 6) is -0.219. The summed E-state index contributed by atoms with van der Waals surface area (Å²) in [6, 6.07) is 6.75. The van der Waals surface area contributed by atoms with Crippen LogP contribution in [0.25, 0.3) is 11.3 Å². The first-order valence-electron chi connectivity index (χ1n) is 5.13. The molecule has 1 aromatic carbocycles. The zero-order valence-electron chi connectivity index (χ0n) is 9.37. The molecule has 0 aliphatic heterocycles. The Hall–Kier alpha value is -1.68. The number of aryl methyl sites for hydroxylation is 1. The Morgan fingerprint density at radius 1 is 1.38 bits per heavy atom. The van der Waals surface area contributed by atoms with Crippen LogP contribution in [0.1, 0.15) is 5.69 Å². The van der Waals surface area contributed by atoms with Gasteiger partial charge in [-0.3, -0.25) is 0 Å². The van der Waals surface area contributed by atoms with E-state index in [0.29, 0.717) is 12.1 Å². The molecule has 2 rings (SSSR count). The Labute approximate surface area is 93.9 Å². The van der Waals surface area contributed by atoms with Gasteiger partial charge in [0.2, 0.25) is 0 Å². The van der Waals surface area contributed by atoms with E-state index in [1.54, 1.807) is 18.5 Å². The van der Waals surface area contributed by atoms with Crippen molar-refractivity contribution < 1.29 is 4.39 Å². The van der Waals surface area contributed by atoms with Gasteiger partial charge in [-0.15, -0.1) is 0 Å². The molecule has 0 amide bonds. The normalized spacial score (nSPS) is 10.7. The van der Waals surface area contributed by atoms with Crippen molar-refractivity contribution in [3.05, 3.63) is 42.1 Å². The third kappa shape index (κ3) is 1.84. The molecule has 1 N–H and O–H groups in total. The highest BCUT2D eigenvalue weighted by molar-refractivity contribution is 5.63. The van der Waals surface area contributed by atoms with Crippen LogP contribution >= 0.6 is 0 Å². The third-order valence-corrected chi connectivity index (χ3v) is 2.49. The molecular formula is C12H14FN3. The fourth-order valence-corrected chi connectivity index (χ4v) is 1.77. The lowest BCUT2D eigenvalue weighted by molar-refractivity contribution is 0.629. The van der Waals surface area contributed by atoms with Crippen LogP contribution in [0.15, 0.2) is 30.6 Å². The molecule has 0 saturated carbocycles. The van der Waals surface area contributed by atoms with Gasteiger partial charge in [0.05, 0.1) is 17.7 Å². The van der Waals surface area contributed by atoms with Crippen molar-refractivity contribution in [2.75, 3.05) is 7.05 Å². The Balaban J connectivity index is 2.54. The van der Waals surface area contributed by atoms with Crippen molar-refractivity contribution in [3.8, 4) is 11.3 Å². The van der Waals surface area contributed by atoms with Gasteiger partial charge in [0.1, 0.15) is 5.82 Å². The highest BCUT2D eigenvalue weighted by atomic mass is 19.1. The van der Waals surface area contributed by atoms with Gasteiger partial charge in [-0.25, -0.2) is 9.37 Å². The highest BCUT2D eigenvalue weighted by Gasteiger charge is 2.13. The zero-order valence-corrected chi connectivity index (χ0v) is 9.37. The maximum Gasteiger partial charge on any atom is 0.132 e. The van der Waals surface area contributed by atoms with Gasteiger partial charge in [-0.2, -0.15) is 0 Å². The van der Waals surface area contributed by atoms with Gasteiger partial charge in [-0.1, -0.05) is 12.1 Å². The summed E-state index contributed by atoms with van der Waals surface area (Å²) in [4.78, 5) is 4.26. The minimum absolute atomic E-state index is 0.219. The SMILES string of the molecule is CNCc1ncn(C)c1-c1ccccc1F. The minimum Gasteiger partial charge on any atom is -0.333 e. The van der Waals surface area contributed by atoms with Crippen molar-refractivity contribution in [2.24, 2.45) is 7.05 Å². The molecule has 4 heteroatoms. The molecule has 0 aliphatic carbocycles. The van der Waals surface area contributed by atoms with E-state index in [1.807, 2.05) is 24.7 Å². The van der Waals surface area contributed by atoms with Gasteiger partial charge < -0.3 is 9.88 Å². The van der Waals surface area contributed by atoms with Gasteiger partial charge in [-0.05, 0) is 19.2 Å². The lowest BCUT2D eigenvalue weighted by atomic mass is 10.1. The van der Waals surface area contributed by atoms with Crippen LogP contribution in [-0.4, -0.2) is 16.6 Å². The Morgan fingerprint density at radius 2 is 2.12 bits per heavy atom. The molecule has 0 unspecified atom stereocenters. The first kappa shape index (κ1) is 10.8. The number of benzene rings is 1. The van der Waals surface area contributed by atoms with Gasteiger partial charge >= 0.3 is 0 Å². The number of imidazole rings is 1. The van der Waals surface area contributed by atoms with Crippen molar-refractivity contribution in [3.63, 3.8) is 0 Å². The molecule has 16 heavy (non-hydrogen) atoms. The molecule has 0 fully saturated rings.